The molecule has 0 radical (unpaired) electrons. The summed E-state index contributed by atoms with van der Waals surface area (Å²) in [5, 5.41) is 10.3. The third-order valence-corrected chi connectivity index (χ3v) is 2.78. The molecule has 0 bridgehead atoms. The van der Waals surface area contributed by atoms with Gasteiger partial charge in [-0.3, -0.25) is 10.1 Å². The highest BCUT2D eigenvalue weighted by atomic mass is 16.6. The molecule has 2 aromatic rings. The molecule has 0 aliphatic carbocycles. The molecule has 4 nitrogen and oxygen atoms in total. The third-order valence-electron chi connectivity index (χ3n) is 2.78. The summed E-state index contributed by atoms with van der Waals surface area (Å²) < 4.78 is 5.51. The molecule has 0 spiro atoms. The van der Waals surface area contributed by atoms with Crippen LogP contribution in [0.2, 0.25) is 0 Å². The molecular weight excluding hydrogens is 230 g/mol. The maximum Gasteiger partial charge on any atom is 0.207 e. The lowest BCUT2D eigenvalue weighted by atomic mass is 10.1. The van der Waals surface area contributed by atoms with Crippen LogP contribution in [0.25, 0.3) is 0 Å². The van der Waals surface area contributed by atoms with E-state index in [0.717, 1.165) is 29.1 Å². The van der Waals surface area contributed by atoms with E-state index < -0.39 is 0 Å². The van der Waals surface area contributed by atoms with Crippen LogP contribution < -0.4 is 0 Å². The van der Waals surface area contributed by atoms with Crippen molar-refractivity contribution in [2.75, 3.05) is 6.54 Å². The van der Waals surface area contributed by atoms with Crippen molar-refractivity contribution in [3.8, 4) is 0 Å². The van der Waals surface area contributed by atoms with E-state index in [0.29, 0.717) is 6.42 Å². The Balaban J connectivity index is 1.97. The molecule has 0 saturated heterocycles. The Morgan fingerprint density at radius 3 is 2.33 bits per heavy atom. The van der Waals surface area contributed by atoms with Gasteiger partial charge in [0.05, 0.1) is 0 Å². The number of hydrogen-bond donors (Lipinski definition) is 0. The van der Waals surface area contributed by atoms with Crippen molar-refractivity contribution < 1.29 is 9.34 Å². The molecule has 1 aromatic carbocycles. The number of nitro groups is 1. The number of aryl methyl sites for hydroxylation is 1. The monoisotopic (exact) mass is 245 g/mol. The molecule has 1 aromatic heterocycles. The van der Waals surface area contributed by atoms with Gasteiger partial charge in [0.1, 0.15) is 11.5 Å². The number of benzene rings is 1. The van der Waals surface area contributed by atoms with Crippen LogP contribution in [0, 0.1) is 17.0 Å². The predicted molar refractivity (Wildman–Crippen MR) is 68.3 cm³/mol. The van der Waals surface area contributed by atoms with E-state index in [9.17, 15) is 10.1 Å². The molecule has 94 valence electrons. The molecule has 0 unspecified atom stereocenters. The Morgan fingerprint density at radius 2 is 1.78 bits per heavy atom. The minimum absolute atomic E-state index is 0.0171. The van der Waals surface area contributed by atoms with Gasteiger partial charge < -0.3 is 4.42 Å². The average molecular weight is 245 g/mol. The minimum Gasteiger partial charge on any atom is -0.466 e. The van der Waals surface area contributed by atoms with Gasteiger partial charge in [0, 0.05) is 17.8 Å². The Morgan fingerprint density at radius 1 is 1.11 bits per heavy atom. The number of furan rings is 1. The maximum atomic E-state index is 10.3. The van der Waals surface area contributed by atoms with Crippen LogP contribution in [-0.4, -0.2) is 11.5 Å². The summed E-state index contributed by atoms with van der Waals surface area (Å²) in [7, 11) is 0. The summed E-state index contributed by atoms with van der Waals surface area (Å²) in [6.07, 6.45) is 1.23. The van der Waals surface area contributed by atoms with Gasteiger partial charge in [-0.1, -0.05) is 24.3 Å². The summed E-state index contributed by atoms with van der Waals surface area (Å²) in [4.78, 5) is 9.98. The molecule has 0 saturated carbocycles. The van der Waals surface area contributed by atoms with E-state index in [4.69, 9.17) is 4.42 Å². The lowest BCUT2D eigenvalue weighted by Crippen LogP contribution is -2.03. The van der Waals surface area contributed by atoms with Crippen LogP contribution in [-0.2, 0) is 12.8 Å². The summed E-state index contributed by atoms with van der Waals surface area (Å²) in [6, 6.07) is 11.8. The first-order valence-electron chi connectivity index (χ1n) is 5.88. The number of nitrogens with zero attached hydrogens (tertiary/aromatic N) is 1. The quantitative estimate of drug-likeness (QED) is 0.601. The fraction of sp³-hybridized carbons (Fsp3) is 0.286. The topological polar surface area (TPSA) is 56.3 Å². The van der Waals surface area contributed by atoms with Crippen LogP contribution >= 0.6 is 0 Å². The number of rotatable bonds is 5. The van der Waals surface area contributed by atoms with Crippen LogP contribution in [0.4, 0.5) is 0 Å². The highest BCUT2D eigenvalue weighted by Gasteiger charge is 2.03. The van der Waals surface area contributed by atoms with Crippen molar-refractivity contribution in [3.63, 3.8) is 0 Å². The van der Waals surface area contributed by atoms with Crippen LogP contribution in [0.5, 0.6) is 0 Å². The second kappa shape index (κ2) is 5.49. The zero-order valence-electron chi connectivity index (χ0n) is 10.3. The highest BCUT2D eigenvalue weighted by molar-refractivity contribution is 5.26. The fourth-order valence-electron chi connectivity index (χ4n) is 1.83. The van der Waals surface area contributed by atoms with Crippen molar-refractivity contribution in [1.82, 2.24) is 0 Å². The third kappa shape index (κ3) is 3.45. The number of hydrogen-bond acceptors (Lipinski definition) is 3. The average Bonchev–Trinajstić information content (AvgIpc) is 2.74. The molecule has 0 aliphatic rings. The first kappa shape index (κ1) is 12.4. The van der Waals surface area contributed by atoms with E-state index >= 15 is 0 Å². The Labute approximate surface area is 105 Å². The molecule has 18 heavy (non-hydrogen) atoms. The lowest BCUT2D eigenvalue weighted by molar-refractivity contribution is -0.479. The summed E-state index contributed by atoms with van der Waals surface area (Å²) in [5.74, 6) is 1.85. The van der Waals surface area contributed by atoms with Gasteiger partial charge in [-0.05, 0) is 30.2 Å². The Hall–Kier alpha value is -2.10. The normalized spacial score (nSPS) is 10.5. The van der Waals surface area contributed by atoms with Crippen molar-refractivity contribution in [2.45, 2.75) is 19.8 Å². The van der Waals surface area contributed by atoms with E-state index in [1.54, 1.807) is 0 Å². The lowest BCUT2D eigenvalue weighted by Gasteiger charge is -2.01. The first-order valence-corrected chi connectivity index (χ1v) is 5.88. The predicted octanol–water partition coefficient (Wildman–Crippen LogP) is 3.00. The van der Waals surface area contributed by atoms with E-state index in [1.807, 2.05) is 43.3 Å². The van der Waals surface area contributed by atoms with Crippen molar-refractivity contribution in [2.24, 2.45) is 0 Å². The SMILES string of the molecule is Cc1ccc(Cc2ccc(CC[N+](=O)[O-])cc2)o1. The second-order valence-electron chi connectivity index (χ2n) is 4.31. The molecule has 0 amide bonds. The molecular formula is C14H15NO3. The largest absolute Gasteiger partial charge is 0.466 e. The highest BCUT2D eigenvalue weighted by Crippen LogP contribution is 2.13. The van der Waals surface area contributed by atoms with Gasteiger partial charge >= 0.3 is 0 Å². The molecule has 0 atom stereocenters. The van der Waals surface area contributed by atoms with E-state index in [2.05, 4.69) is 0 Å². The zero-order chi connectivity index (χ0) is 13.0. The summed E-state index contributed by atoms with van der Waals surface area (Å²) in [5.41, 5.74) is 2.14. The molecule has 0 N–H and O–H groups in total. The molecule has 1 heterocycles. The van der Waals surface area contributed by atoms with Crippen molar-refractivity contribution in [1.29, 1.82) is 0 Å². The van der Waals surface area contributed by atoms with E-state index in [1.165, 1.54) is 0 Å². The van der Waals surface area contributed by atoms with Gasteiger partial charge in [-0.2, -0.15) is 0 Å². The summed E-state index contributed by atoms with van der Waals surface area (Å²) in [6.45, 7) is 1.90. The molecule has 2 rings (SSSR count). The molecule has 4 heteroatoms. The van der Waals surface area contributed by atoms with Crippen LogP contribution in [0.1, 0.15) is 22.6 Å². The van der Waals surface area contributed by atoms with Gasteiger partial charge in [0.2, 0.25) is 6.54 Å². The van der Waals surface area contributed by atoms with Crippen LogP contribution in [0.15, 0.2) is 40.8 Å². The van der Waals surface area contributed by atoms with Gasteiger partial charge in [-0.15, -0.1) is 0 Å². The second-order valence-corrected chi connectivity index (χ2v) is 4.31. The Kier molecular flexibility index (Phi) is 3.77. The fourth-order valence-corrected chi connectivity index (χ4v) is 1.83. The van der Waals surface area contributed by atoms with Gasteiger partial charge in [0.25, 0.3) is 0 Å². The molecule has 0 fully saturated rings. The summed E-state index contributed by atoms with van der Waals surface area (Å²) >= 11 is 0. The van der Waals surface area contributed by atoms with Crippen LogP contribution in [0.3, 0.4) is 0 Å². The maximum absolute atomic E-state index is 10.3. The van der Waals surface area contributed by atoms with Gasteiger partial charge in [0.15, 0.2) is 0 Å². The standard InChI is InChI=1S/C14H15NO3/c1-11-2-7-14(18-11)10-13-5-3-12(4-6-13)8-9-15(16)17/h2-7H,8-10H2,1H3. The minimum atomic E-state index is -0.292. The van der Waals surface area contributed by atoms with Crippen molar-refractivity contribution >= 4 is 0 Å². The first-order chi connectivity index (χ1) is 8.63. The Bertz CT molecular complexity index is 528. The molecule has 0 aliphatic heterocycles. The van der Waals surface area contributed by atoms with Crippen molar-refractivity contribution in [3.05, 3.63) is 69.2 Å². The van der Waals surface area contributed by atoms with Gasteiger partial charge in [-0.25, -0.2) is 0 Å². The smallest absolute Gasteiger partial charge is 0.207 e. The zero-order valence-corrected chi connectivity index (χ0v) is 10.3. The van der Waals surface area contributed by atoms with E-state index in [-0.39, 0.29) is 11.5 Å².